The number of carbonyl (C=O) groups is 2. The Kier molecular flexibility index (Phi) is 5.23. The van der Waals surface area contributed by atoms with Crippen LogP contribution in [0, 0.1) is 5.92 Å². The Morgan fingerprint density at radius 1 is 1.48 bits per heavy atom. The quantitative estimate of drug-likeness (QED) is 0.813. The summed E-state index contributed by atoms with van der Waals surface area (Å²) in [5, 5.41) is 12.5. The fourth-order valence-electron chi connectivity index (χ4n) is 2.53. The van der Waals surface area contributed by atoms with E-state index in [1.807, 2.05) is 25.1 Å². The second-order valence-corrected chi connectivity index (χ2v) is 5.98. The van der Waals surface area contributed by atoms with Crippen LogP contribution in [0.2, 0.25) is 5.02 Å². The van der Waals surface area contributed by atoms with Crippen LogP contribution in [-0.4, -0.2) is 23.0 Å². The van der Waals surface area contributed by atoms with Crippen LogP contribution < -0.4 is 5.32 Å². The van der Waals surface area contributed by atoms with Crippen molar-refractivity contribution in [1.82, 2.24) is 5.32 Å². The average Bonchev–Trinajstić information content (AvgIpc) is 3.23. The Hall–Kier alpha value is -1.55. The molecular weight excluding hydrogens is 290 g/mol. The summed E-state index contributed by atoms with van der Waals surface area (Å²) in [5.74, 6) is -1.10. The van der Waals surface area contributed by atoms with Crippen molar-refractivity contribution in [2.45, 2.75) is 44.6 Å². The van der Waals surface area contributed by atoms with E-state index in [0.717, 1.165) is 24.8 Å². The number of carboxylic acids is 1. The Morgan fingerprint density at radius 2 is 2.24 bits per heavy atom. The summed E-state index contributed by atoms with van der Waals surface area (Å²) < 4.78 is 0. The molecule has 2 N–H and O–H groups in total. The molecule has 5 heteroatoms. The summed E-state index contributed by atoms with van der Waals surface area (Å²) in [7, 11) is 0. The maximum atomic E-state index is 12.1. The number of aliphatic carboxylic acids is 1. The van der Waals surface area contributed by atoms with Crippen LogP contribution in [0.3, 0.4) is 0 Å². The monoisotopic (exact) mass is 309 g/mol. The van der Waals surface area contributed by atoms with E-state index in [-0.39, 0.29) is 17.7 Å². The van der Waals surface area contributed by atoms with Crippen LogP contribution in [0.1, 0.15) is 44.1 Å². The maximum absolute atomic E-state index is 12.1. The van der Waals surface area contributed by atoms with Crippen molar-refractivity contribution >= 4 is 23.5 Å². The zero-order valence-electron chi connectivity index (χ0n) is 12.0. The standard InChI is InChI=1S/C16H20ClNO3/c1-2-3-7-14(16(20)21)18-15(19)13-9-12(13)10-5-4-6-11(17)8-10/h4-6,8,12-14H,2-3,7,9H2,1H3,(H,18,19)(H,20,21)/t12?,13?,14-/m0/s1. The number of benzene rings is 1. The van der Waals surface area contributed by atoms with E-state index in [4.69, 9.17) is 16.7 Å². The van der Waals surface area contributed by atoms with Crippen molar-refractivity contribution in [3.63, 3.8) is 0 Å². The third-order valence-corrected chi connectivity index (χ3v) is 4.10. The molecule has 114 valence electrons. The first-order valence-corrected chi connectivity index (χ1v) is 7.69. The lowest BCUT2D eigenvalue weighted by Crippen LogP contribution is -2.41. The van der Waals surface area contributed by atoms with Crippen molar-refractivity contribution in [3.05, 3.63) is 34.9 Å². The Balaban J connectivity index is 1.91. The van der Waals surface area contributed by atoms with Gasteiger partial charge in [-0.15, -0.1) is 0 Å². The van der Waals surface area contributed by atoms with Crippen LogP contribution in [0.25, 0.3) is 0 Å². The molecule has 0 aromatic heterocycles. The average molecular weight is 310 g/mol. The molecule has 1 aromatic rings. The number of halogens is 1. The molecule has 0 heterocycles. The van der Waals surface area contributed by atoms with Crippen molar-refractivity contribution in [2.75, 3.05) is 0 Å². The van der Waals surface area contributed by atoms with Crippen LogP contribution in [0.5, 0.6) is 0 Å². The molecule has 0 bridgehead atoms. The van der Waals surface area contributed by atoms with Gasteiger partial charge in [0.25, 0.3) is 0 Å². The van der Waals surface area contributed by atoms with E-state index in [1.54, 1.807) is 6.07 Å². The molecule has 3 atom stereocenters. The minimum absolute atomic E-state index is 0.132. The van der Waals surface area contributed by atoms with Gasteiger partial charge >= 0.3 is 5.97 Å². The molecule has 2 unspecified atom stereocenters. The summed E-state index contributed by atoms with van der Waals surface area (Å²) in [4.78, 5) is 23.3. The van der Waals surface area contributed by atoms with Crippen LogP contribution in [-0.2, 0) is 9.59 Å². The second kappa shape index (κ2) is 6.94. The van der Waals surface area contributed by atoms with Gasteiger partial charge in [-0.25, -0.2) is 4.79 Å². The van der Waals surface area contributed by atoms with Gasteiger partial charge in [-0.1, -0.05) is 43.5 Å². The van der Waals surface area contributed by atoms with E-state index in [2.05, 4.69) is 5.32 Å². The molecule has 1 aromatic carbocycles. The predicted octanol–water partition coefficient (Wildman–Crippen LogP) is 3.20. The van der Waals surface area contributed by atoms with Crippen molar-refractivity contribution in [3.8, 4) is 0 Å². The molecule has 1 amide bonds. The number of carbonyl (C=O) groups excluding carboxylic acids is 1. The Bertz CT molecular complexity index is 532. The third-order valence-electron chi connectivity index (χ3n) is 3.86. The van der Waals surface area contributed by atoms with E-state index < -0.39 is 12.0 Å². The highest BCUT2D eigenvalue weighted by molar-refractivity contribution is 6.30. The molecule has 0 radical (unpaired) electrons. The highest BCUT2D eigenvalue weighted by Crippen LogP contribution is 2.48. The van der Waals surface area contributed by atoms with Gasteiger partial charge in [-0.2, -0.15) is 0 Å². The minimum atomic E-state index is -0.961. The van der Waals surface area contributed by atoms with Crippen LogP contribution in [0.15, 0.2) is 24.3 Å². The first-order valence-electron chi connectivity index (χ1n) is 7.31. The maximum Gasteiger partial charge on any atom is 0.326 e. The second-order valence-electron chi connectivity index (χ2n) is 5.55. The molecule has 0 aliphatic heterocycles. The molecule has 1 aliphatic carbocycles. The number of carboxylic acid groups (broad SMARTS) is 1. The van der Waals surface area contributed by atoms with Gasteiger partial charge in [0.05, 0.1) is 0 Å². The lowest BCUT2D eigenvalue weighted by atomic mass is 10.1. The molecule has 0 saturated heterocycles. The van der Waals surface area contributed by atoms with E-state index in [9.17, 15) is 9.59 Å². The summed E-state index contributed by atoms with van der Waals surface area (Å²) >= 11 is 5.95. The van der Waals surface area contributed by atoms with Gasteiger partial charge in [0.15, 0.2) is 0 Å². The Labute approximate surface area is 129 Å². The first kappa shape index (κ1) is 15.8. The molecule has 21 heavy (non-hydrogen) atoms. The number of nitrogens with one attached hydrogen (secondary N) is 1. The highest BCUT2D eigenvalue weighted by Gasteiger charge is 2.44. The molecule has 4 nitrogen and oxygen atoms in total. The summed E-state index contributed by atoms with van der Waals surface area (Å²) in [6.45, 7) is 2.00. The molecular formula is C16H20ClNO3. The number of rotatable bonds is 7. The van der Waals surface area contributed by atoms with Gasteiger partial charge in [0, 0.05) is 10.9 Å². The molecule has 1 fully saturated rings. The van der Waals surface area contributed by atoms with Gasteiger partial charge in [-0.3, -0.25) is 4.79 Å². The fourth-order valence-corrected chi connectivity index (χ4v) is 2.73. The lowest BCUT2D eigenvalue weighted by molar-refractivity contribution is -0.142. The largest absolute Gasteiger partial charge is 0.480 e. The zero-order valence-corrected chi connectivity index (χ0v) is 12.8. The SMILES string of the molecule is CCCC[C@H](NC(=O)C1CC1c1cccc(Cl)c1)C(=O)O. The van der Waals surface area contributed by atoms with Gasteiger partial charge < -0.3 is 10.4 Å². The normalized spacial score (nSPS) is 21.6. The molecule has 1 aliphatic rings. The molecule has 1 saturated carbocycles. The topological polar surface area (TPSA) is 66.4 Å². The van der Waals surface area contributed by atoms with Crippen LogP contribution >= 0.6 is 11.6 Å². The van der Waals surface area contributed by atoms with Gasteiger partial charge in [0.1, 0.15) is 6.04 Å². The van der Waals surface area contributed by atoms with E-state index in [1.165, 1.54) is 0 Å². The fraction of sp³-hybridized carbons (Fsp3) is 0.500. The van der Waals surface area contributed by atoms with Crippen molar-refractivity contribution in [1.29, 1.82) is 0 Å². The number of hydrogen-bond donors (Lipinski definition) is 2. The predicted molar refractivity (Wildman–Crippen MR) is 81.4 cm³/mol. The highest BCUT2D eigenvalue weighted by atomic mass is 35.5. The summed E-state index contributed by atoms with van der Waals surface area (Å²) in [5.41, 5.74) is 1.04. The smallest absolute Gasteiger partial charge is 0.326 e. The zero-order chi connectivity index (χ0) is 15.4. The summed E-state index contributed by atoms with van der Waals surface area (Å²) in [6, 6.07) is 6.71. The lowest BCUT2D eigenvalue weighted by Gasteiger charge is -2.14. The molecule has 0 spiro atoms. The minimum Gasteiger partial charge on any atom is -0.480 e. The molecule has 2 rings (SSSR count). The Morgan fingerprint density at radius 3 is 2.86 bits per heavy atom. The van der Waals surface area contributed by atoms with E-state index >= 15 is 0 Å². The third kappa shape index (κ3) is 4.21. The van der Waals surface area contributed by atoms with Gasteiger partial charge in [0.2, 0.25) is 5.91 Å². The first-order chi connectivity index (χ1) is 10.0. The van der Waals surface area contributed by atoms with Crippen molar-refractivity contribution in [2.24, 2.45) is 5.92 Å². The van der Waals surface area contributed by atoms with Crippen molar-refractivity contribution < 1.29 is 14.7 Å². The number of amides is 1. The number of unbranched alkanes of at least 4 members (excludes halogenated alkanes) is 1. The van der Waals surface area contributed by atoms with E-state index in [0.29, 0.717) is 11.4 Å². The number of hydrogen-bond acceptors (Lipinski definition) is 2. The summed E-state index contributed by atoms with van der Waals surface area (Å²) in [6.07, 6.45) is 2.94. The van der Waals surface area contributed by atoms with Crippen LogP contribution in [0.4, 0.5) is 0 Å². The van der Waals surface area contributed by atoms with Gasteiger partial charge in [-0.05, 0) is 36.5 Å².